The molecule has 2 rings (SSSR count). The van der Waals surface area contributed by atoms with Crippen LogP contribution in [0.3, 0.4) is 0 Å². The molecule has 2 atom stereocenters. The number of aryl methyl sites for hydroxylation is 1. The molecule has 0 radical (unpaired) electrons. The number of nitrogens with one attached hydrogen (secondary N) is 1. The minimum Gasteiger partial charge on any atom is -0.316 e. The number of hydrogen-bond acceptors (Lipinski definition) is 1. The summed E-state index contributed by atoms with van der Waals surface area (Å²) in [5, 5.41) is 3.27. The van der Waals surface area contributed by atoms with Crippen LogP contribution < -0.4 is 5.32 Å². The van der Waals surface area contributed by atoms with Crippen LogP contribution in [0.4, 0.5) is 4.39 Å². The molecular formula is C14H20FN. The van der Waals surface area contributed by atoms with Gasteiger partial charge in [0, 0.05) is 12.5 Å². The van der Waals surface area contributed by atoms with Crippen LogP contribution in [0, 0.1) is 5.92 Å². The average Bonchev–Trinajstić information content (AvgIpc) is 2.33. The minimum atomic E-state index is -0.632. The van der Waals surface area contributed by atoms with Crippen LogP contribution in [0.2, 0.25) is 0 Å². The zero-order chi connectivity index (χ0) is 11.4. The lowest BCUT2D eigenvalue weighted by atomic mass is 9.90. The van der Waals surface area contributed by atoms with E-state index in [4.69, 9.17) is 0 Å². The molecule has 16 heavy (non-hydrogen) atoms. The third kappa shape index (κ3) is 2.82. The maximum Gasteiger partial charge on any atom is 0.106 e. The van der Waals surface area contributed by atoms with Crippen molar-refractivity contribution in [2.24, 2.45) is 5.92 Å². The number of hydrogen-bond donors (Lipinski definition) is 1. The molecule has 0 aliphatic carbocycles. The number of piperidine rings is 1. The summed E-state index contributed by atoms with van der Waals surface area (Å²) >= 11 is 0. The van der Waals surface area contributed by atoms with Gasteiger partial charge in [-0.3, -0.25) is 0 Å². The fourth-order valence-corrected chi connectivity index (χ4v) is 2.30. The van der Waals surface area contributed by atoms with Crippen molar-refractivity contribution >= 4 is 0 Å². The van der Waals surface area contributed by atoms with E-state index in [0.29, 0.717) is 6.42 Å². The van der Waals surface area contributed by atoms with E-state index >= 15 is 0 Å². The first kappa shape index (κ1) is 11.6. The second-order valence-corrected chi connectivity index (χ2v) is 4.64. The molecule has 1 heterocycles. The number of halogens is 1. The van der Waals surface area contributed by atoms with E-state index in [1.54, 1.807) is 0 Å². The molecule has 2 unspecified atom stereocenters. The highest BCUT2D eigenvalue weighted by Crippen LogP contribution is 2.20. The molecule has 1 saturated heterocycles. The summed E-state index contributed by atoms with van der Waals surface area (Å²) in [4.78, 5) is 0. The topological polar surface area (TPSA) is 12.0 Å². The van der Waals surface area contributed by atoms with Gasteiger partial charge in [0.05, 0.1) is 0 Å². The monoisotopic (exact) mass is 221 g/mol. The number of alkyl halides is 1. The van der Waals surface area contributed by atoms with E-state index in [0.717, 1.165) is 25.9 Å². The summed E-state index contributed by atoms with van der Waals surface area (Å²) in [5.41, 5.74) is 2.61. The molecule has 0 bridgehead atoms. The van der Waals surface area contributed by atoms with E-state index in [2.05, 4.69) is 36.5 Å². The summed E-state index contributed by atoms with van der Waals surface area (Å²) in [6, 6.07) is 8.58. The smallest absolute Gasteiger partial charge is 0.106 e. The van der Waals surface area contributed by atoms with Crippen LogP contribution in [0.25, 0.3) is 0 Å². The van der Waals surface area contributed by atoms with Crippen molar-refractivity contribution in [3.63, 3.8) is 0 Å². The van der Waals surface area contributed by atoms with Crippen molar-refractivity contribution in [1.29, 1.82) is 0 Å². The third-order valence-corrected chi connectivity index (χ3v) is 3.44. The van der Waals surface area contributed by atoms with Gasteiger partial charge in [0.25, 0.3) is 0 Å². The van der Waals surface area contributed by atoms with E-state index in [1.165, 1.54) is 11.1 Å². The molecule has 1 N–H and O–H groups in total. The highest BCUT2D eigenvalue weighted by atomic mass is 19.1. The molecular weight excluding hydrogens is 201 g/mol. The van der Waals surface area contributed by atoms with Crippen LogP contribution >= 0.6 is 0 Å². The Labute approximate surface area is 97.1 Å². The Kier molecular flexibility index (Phi) is 3.94. The molecule has 1 aliphatic heterocycles. The maximum absolute atomic E-state index is 13.6. The quantitative estimate of drug-likeness (QED) is 0.827. The van der Waals surface area contributed by atoms with Crippen LogP contribution in [-0.4, -0.2) is 19.3 Å². The van der Waals surface area contributed by atoms with E-state index in [1.807, 2.05) is 0 Å². The van der Waals surface area contributed by atoms with Crippen molar-refractivity contribution in [3.8, 4) is 0 Å². The molecule has 1 fully saturated rings. The van der Waals surface area contributed by atoms with Gasteiger partial charge in [0.15, 0.2) is 0 Å². The Morgan fingerprint density at radius 1 is 1.25 bits per heavy atom. The summed E-state index contributed by atoms with van der Waals surface area (Å²) < 4.78 is 13.6. The molecule has 1 aliphatic rings. The molecule has 1 nitrogen and oxygen atoms in total. The Bertz CT molecular complexity index is 320. The van der Waals surface area contributed by atoms with Gasteiger partial charge < -0.3 is 5.32 Å². The van der Waals surface area contributed by atoms with Gasteiger partial charge in [-0.2, -0.15) is 0 Å². The normalized spacial score (nSPS) is 25.6. The first-order valence-electron chi connectivity index (χ1n) is 6.22. The first-order valence-corrected chi connectivity index (χ1v) is 6.22. The van der Waals surface area contributed by atoms with Gasteiger partial charge in [-0.1, -0.05) is 31.2 Å². The Hall–Kier alpha value is -0.890. The highest BCUT2D eigenvalue weighted by molar-refractivity contribution is 5.23. The lowest BCUT2D eigenvalue weighted by molar-refractivity contribution is 0.178. The first-order chi connectivity index (χ1) is 7.79. The third-order valence-electron chi connectivity index (χ3n) is 3.44. The van der Waals surface area contributed by atoms with Gasteiger partial charge in [0.2, 0.25) is 0 Å². The van der Waals surface area contributed by atoms with Crippen molar-refractivity contribution in [3.05, 3.63) is 35.4 Å². The molecule has 0 saturated carbocycles. The SMILES string of the molecule is CCc1ccc(CC2CNCCC2F)cc1. The predicted molar refractivity (Wildman–Crippen MR) is 65.4 cm³/mol. The molecule has 1 aromatic rings. The Morgan fingerprint density at radius 2 is 1.94 bits per heavy atom. The van der Waals surface area contributed by atoms with Crippen molar-refractivity contribution < 1.29 is 4.39 Å². The van der Waals surface area contributed by atoms with Crippen LogP contribution in [-0.2, 0) is 12.8 Å². The van der Waals surface area contributed by atoms with Gasteiger partial charge >= 0.3 is 0 Å². The van der Waals surface area contributed by atoms with Crippen LogP contribution in [0.5, 0.6) is 0 Å². The lowest BCUT2D eigenvalue weighted by Crippen LogP contribution is -2.38. The zero-order valence-corrected chi connectivity index (χ0v) is 9.88. The molecule has 0 aromatic heterocycles. The molecule has 0 spiro atoms. The largest absolute Gasteiger partial charge is 0.316 e. The second kappa shape index (κ2) is 5.44. The fourth-order valence-electron chi connectivity index (χ4n) is 2.30. The van der Waals surface area contributed by atoms with Crippen molar-refractivity contribution in [2.75, 3.05) is 13.1 Å². The zero-order valence-electron chi connectivity index (χ0n) is 9.88. The summed E-state index contributed by atoms with van der Waals surface area (Å²) in [5.74, 6) is 0.154. The van der Waals surface area contributed by atoms with Gasteiger partial charge in [0.1, 0.15) is 6.17 Å². The summed E-state index contributed by atoms with van der Waals surface area (Å²) in [6.07, 6.45) is 1.96. The standard InChI is InChI=1S/C14H20FN/c1-2-11-3-5-12(6-4-11)9-13-10-16-8-7-14(13)15/h3-6,13-14,16H,2,7-10H2,1H3. The molecule has 2 heteroatoms. The van der Waals surface area contributed by atoms with E-state index in [-0.39, 0.29) is 5.92 Å². The van der Waals surface area contributed by atoms with Crippen molar-refractivity contribution in [2.45, 2.75) is 32.4 Å². The van der Waals surface area contributed by atoms with E-state index in [9.17, 15) is 4.39 Å². The Morgan fingerprint density at radius 3 is 2.56 bits per heavy atom. The molecule has 88 valence electrons. The average molecular weight is 221 g/mol. The maximum atomic E-state index is 13.6. The minimum absolute atomic E-state index is 0.154. The lowest BCUT2D eigenvalue weighted by Gasteiger charge is -2.26. The van der Waals surface area contributed by atoms with Crippen LogP contribution in [0.15, 0.2) is 24.3 Å². The number of rotatable bonds is 3. The van der Waals surface area contributed by atoms with Gasteiger partial charge in [-0.05, 0) is 36.9 Å². The predicted octanol–water partition coefficient (Wildman–Crippen LogP) is 2.74. The molecule has 0 amide bonds. The summed E-state index contributed by atoms with van der Waals surface area (Å²) in [6.45, 7) is 3.79. The fraction of sp³-hybridized carbons (Fsp3) is 0.571. The van der Waals surface area contributed by atoms with Crippen molar-refractivity contribution in [1.82, 2.24) is 5.32 Å². The highest BCUT2D eigenvalue weighted by Gasteiger charge is 2.24. The number of benzene rings is 1. The van der Waals surface area contributed by atoms with E-state index < -0.39 is 6.17 Å². The van der Waals surface area contributed by atoms with Gasteiger partial charge in [-0.15, -0.1) is 0 Å². The van der Waals surface area contributed by atoms with Crippen LogP contribution in [0.1, 0.15) is 24.5 Å². The second-order valence-electron chi connectivity index (χ2n) is 4.64. The van der Waals surface area contributed by atoms with Gasteiger partial charge in [-0.25, -0.2) is 4.39 Å². The Balaban J connectivity index is 1.96. The summed E-state index contributed by atoms with van der Waals surface area (Å²) in [7, 11) is 0. The molecule has 1 aromatic carbocycles.